The Labute approximate surface area is 113 Å². The summed E-state index contributed by atoms with van der Waals surface area (Å²) in [6.45, 7) is 0.832. The van der Waals surface area contributed by atoms with Crippen molar-refractivity contribution < 1.29 is 9.47 Å². The van der Waals surface area contributed by atoms with Gasteiger partial charge in [0.25, 0.3) is 0 Å². The van der Waals surface area contributed by atoms with Crippen LogP contribution in [0.15, 0.2) is 48.5 Å². The van der Waals surface area contributed by atoms with Gasteiger partial charge >= 0.3 is 0 Å². The lowest BCUT2D eigenvalue weighted by molar-refractivity contribution is 0.299. The second-order valence-electron chi connectivity index (χ2n) is 4.90. The molecule has 0 heterocycles. The quantitative estimate of drug-likeness (QED) is 0.825. The van der Waals surface area contributed by atoms with E-state index in [-0.39, 0.29) is 0 Å². The van der Waals surface area contributed by atoms with Gasteiger partial charge in [0.2, 0.25) is 0 Å². The van der Waals surface area contributed by atoms with Gasteiger partial charge in [0.15, 0.2) is 0 Å². The lowest BCUT2D eigenvalue weighted by atomic mass is 10.3. The average molecular weight is 255 g/mol. The minimum atomic E-state index is 0.733. The molecule has 19 heavy (non-hydrogen) atoms. The molecule has 0 radical (unpaired) electrons. The molecule has 0 atom stereocenters. The second-order valence-corrected chi connectivity index (χ2v) is 4.90. The Balaban J connectivity index is 1.59. The van der Waals surface area contributed by atoms with Crippen LogP contribution in [-0.2, 0) is 0 Å². The number of hydrogen-bond acceptors (Lipinski definition) is 3. The fourth-order valence-corrected chi connectivity index (χ4v) is 1.77. The standard InChI is InChI=1S/C16H17NO2/c17-13-3-5-15(6-4-13)19-16-9-7-14(8-10-16)18-11-12-1-2-12/h3-10,12H,1-2,11,17H2. The first-order chi connectivity index (χ1) is 9.29. The molecule has 3 rings (SSSR count). The highest BCUT2D eigenvalue weighted by Crippen LogP contribution is 2.30. The molecule has 1 saturated carbocycles. The van der Waals surface area contributed by atoms with Gasteiger partial charge in [-0.3, -0.25) is 0 Å². The lowest BCUT2D eigenvalue weighted by Gasteiger charge is -2.08. The van der Waals surface area contributed by atoms with Crippen LogP contribution in [-0.4, -0.2) is 6.61 Å². The number of rotatable bonds is 5. The Kier molecular flexibility index (Phi) is 3.27. The summed E-state index contributed by atoms with van der Waals surface area (Å²) in [5.74, 6) is 3.24. The van der Waals surface area contributed by atoms with Crippen LogP contribution < -0.4 is 15.2 Å². The molecule has 0 aliphatic heterocycles. The summed E-state index contributed by atoms with van der Waals surface area (Å²) in [4.78, 5) is 0. The maximum absolute atomic E-state index is 5.72. The molecule has 98 valence electrons. The molecular formula is C16H17NO2. The van der Waals surface area contributed by atoms with Crippen molar-refractivity contribution in [3.8, 4) is 17.2 Å². The van der Waals surface area contributed by atoms with Crippen LogP contribution in [0.4, 0.5) is 5.69 Å². The summed E-state index contributed by atoms with van der Waals surface area (Å²) >= 11 is 0. The number of anilines is 1. The van der Waals surface area contributed by atoms with Crippen molar-refractivity contribution in [2.75, 3.05) is 12.3 Å². The van der Waals surface area contributed by atoms with Gasteiger partial charge in [0.05, 0.1) is 6.61 Å². The number of benzene rings is 2. The molecular weight excluding hydrogens is 238 g/mol. The molecule has 1 aliphatic rings. The summed E-state index contributed by atoms with van der Waals surface area (Å²) in [7, 11) is 0. The molecule has 0 unspecified atom stereocenters. The highest BCUT2D eigenvalue weighted by molar-refractivity contribution is 5.43. The fraction of sp³-hybridized carbons (Fsp3) is 0.250. The van der Waals surface area contributed by atoms with Crippen LogP contribution in [0, 0.1) is 5.92 Å². The van der Waals surface area contributed by atoms with Crippen LogP contribution >= 0.6 is 0 Å². The Morgan fingerprint density at radius 1 is 0.842 bits per heavy atom. The third-order valence-electron chi connectivity index (χ3n) is 3.12. The first kappa shape index (κ1) is 11.9. The first-order valence-corrected chi connectivity index (χ1v) is 6.56. The van der Waals surface area contributed by atoms with Gasteiger partial charge in [-0.1, -0.05) is 0 Å². The van der Waals surface area contributed by atoms with Gasteiger partial charge in [0.1, 0.15) is 17.2 Å². The molecule has 0 bridgehead atoms. The van der Waals surface area contributed by atoms with E-state index < -0.39 is 0 Å². The molecule has 0 aromatic heterocycles. The van der Waals surface area contributed by atoms with E-state index in [2.05, 4.69) is 0 Å². The summed E-state index contributed by atoms with van der Waals surface area (Å²) in [6, 6.07) is 15.1. The molecule has 1 aliphatic carbocycles. The second kappa shape index (κ2) is 5.22. The molecule has 3 heteroatoms. The topological polar surface area (TPSA) is 44.5 Å². The van der Waals surface area contributed by atoms with Crippen LogP contribution in [0.2, 0.25) is 0 Å². The largest absolute Gasteiger partial charge is 0.493 e. The van der Waals surface area contributed by atoms with Crippen molar-refractivity contribution in [1.82, 2.24) is 0 Å². The monoisotopic (exact) mass is 255 g/mol. The Hall–Kier alpha value is -2.16. The van der Waals surface area contributed by atoms with E-state index in [1.54, 1.807) is 0 Å². The normalized spacial score (nSPS) is 14.1. The molecule has 0 spiro atoms. The SMILES string of the molecule is Nc1ccc(Oc2ccc(OCC3CC3)cc2)cc1. The zero-order chi connectivity index (χ0) is 13.1. The van der Waals surface area contributed by atoms with Crippen molar-refractivity contribution in [2.24, 2.45) is 5.92 Å². The smallest absolute Gasteiger partial charge is 0.127 e. The third-order valence-corrected chi connectivity index (χ3v) is 3.12. The lowest BCUT2D eigenvalue weighted by Crippen LogP contribution is -1.98. The van der Waals surface area contributed by atoms with E-state index in [1.807, 2.05) is 48.5 Å². The van der Waals surface area contributed by atoms with E-state index >= 15 is 0 Å². The highest BCUT2D eigenvalue weighted by Gasteiger charge is 2.21. The van der Waals surface area contributed by atoms with Crippen LogP contribution in [0.25, 0.3) is 0 Å². The zero-order valence-corrected chi connectivity index (χ0v) is 10.7. The summed E-state index contributed by atoms with van der Waals surface area (Å²) in [5, 5.41) is 0. The molecule has 3 nitrogen and oxygen atoms in total. The zero-order valence-electron chi connectivity index (χ0n) is 10.7. The van der Waals surface area contributed by atoms with E-state index in [4.69, 9.17) is 15.2 Å². The number of nitrogen functional groups attached to an aromatic ring is 1. The van der Waals surface area contributed by atoms with Gasteiger partial charge in [-0.05, 0) is 67.3 Å². The van der Waals surface area contributed by atoms with Gasteiger partial charge in [-0.15, -0.1) is 0 Å². The van der Waals surface area contributed by atoms with Crippen molar-refractivity contribution in [3.63, 3.8) is 0 Å². The molecule has 1 fully saturated rings. The van der Waals surface area contributed by atoms with Crippen molar-refractivity contribution in [3.05, 3.63) is 48.5 Å². The summed E-state index contributed by atoms with van der Waals surface area (Å²) in [6.07, 6.45) is 2.61. The summed E-state index contributed by atoms with van der Waals surface area (Å²) < 4.78 is 11.4. The Morgan fingerprint density at radius 2 is 1.37 bits per heavy atom. The van der Waals surface area contributed by atoms with Gasteiger partial charge in [0, 0.05) is 5.69 Å². The maximum Gasteiger partial charge on any atom is 0.127 e. The van der Waals surface area contributed by atoms with Crippen LogP contribution in [0.5, 0.6) is 17.2 Å². The van der Waals surface area contributed by atoms with Gasteiger partial charge < -0.3 is 15.2 Å². The summed E-state index contributed by atoms with van der Waals surface area (Å²) in [5.41, 5.74) is 6.36. The first-order valence-electron chi connectivity index (χ1n) is 6.56. The molecule has 2 aromatic carbocycles. The fourth-order valence-electron chi connectivity index (χ4n) is 1.77. The molecule has 0 amide bonds. The minimum absolute atomic E-state index is 0.733. The highest BCUT2D eigenvalue weighted by atomic mass is 16.5. The van der Waals surface area contributed by atoms with Crippen molar-refractivity contribution in [2.45, 2.75) is 12.8 Å². The van der Waals surface area contributed by atoms with E-state index in [0.717, 1.165) is 35.5 Å². The van der Waals surface area contributed by atoms with Gasteiger partial charge in [-0.2, -0.15) is 0 Å². The molecule has 0 saturated heterocycles. The number of hydrogen-bond donors (Lipinski definition) is 1. The van der Waals surface area contributed by atoms with Gasteiger partial charge in [-0.25, -0.2) is 0 Å². The van der Waals surface area contributed by atoms with Crippen LogP contribution in [0.3, 0.4) is 0 Å². The van der Waals surface area contributed by atoms with E-state index in [1.165, 1.54) is 12.8 Å². The molecule has 2 aromatic rings. The molecule has 2 N–H and O–H groups in total. The minimum Gasteiger partial charge on any atom is -0.493 e. The average Bonchev–Trinajstić information content (AvgIpc) is 3.25. The van der Waals surface area contributed by atoms with E-state index in [9.17, 15) is 0 Å². The third kappa shape index (κ3) is 3.41. The maximum atomic E-state index is 5.72. The number of ether oxygens (including phenoxy) is 2. The van der Waals surface area contributed by atoms with Crippen LogP contribution in [0.1, 0.15) is 12.8 Å². The predicted octanol–water partition coefficient (Wildman–Crippen LogP) is 3.85. The van der Waals surface area contributed by atoms with Crippen molar-refractivity contribution in [1.29, 1.82) is 0 Å². The Morgan fingerprint density at radius 3 is 1.95 bits per heavy atom. The Bertz CT molecular complexity index is 530. The predicted molar refractivity (Wildman–Crippen MR) is 75.6 cm³/mol. The van der Waals surface area contributed by atoms with E-state index in [0.29, 0.717) is 0 Å². The van der Waals surface area contributed by atoms with Crippen molar-refractivity contribution >= 4 is 5.69 Å². The number of nitrogens with two attached hydrogens (primary N) is 1.